The fourth-order valence-electron chi connectivity index (χ4n) is 2.77. The maximum Gasteiger partial charge on any atom is 0.466 e. The Kier molecular flexibility index (Phi) is 12.1. The van der Waals surface area contributed by atoms with Crippen LogP contribution in [0.25, 0.3) is 11.2 Å². The molecule has 2 aromatic heterocycles. The van der Waals surface area contributed by atoms with Crippen molar-refractivity contribution in [3.05, 3.63) is 11.6 Å². The predicted octanol–water partition coefficient (Wildman–Crippen LogP) is -1.39. The van der Waals surface area contributed by atoms with E-state index < -0.39 is 35.0 Å². The number of terminal acetylenes is 1. The molecule has 0 aliphatic heterocycles. The number of imidazole rings is 1. The highest BCUT2D eigenvalue weighted by Gasteiger charge is 2.43. The number of aliphatic hydroxyl groups is 1. The number of rotatable bonds is 1. The van der Waals surface area contributed by atoms with E-state index >= 15 is 0 Å². The van der Waals surface area contributed by atoms with Gasteiger partial charge in [-0.05, 0) is 31.4 Å². The third-order valence-corrected chi connectivity index (χ3v) is 4.20. The van der Waals surface area contributed by atoms with E-state index in [4.69, 9.17) is 81.5 Å². The van der Waals surface area contributed by atoms with E-state index in [1.54, 1.807) is 6.33 Å². The molecule has 2 heterocycles. The number of aliphatic hydroxyl groups excluding tert-OH is 1. The van der Waals surface area contributed by atoms with Crippen LogP contribution >= 0.6 is 35.1 Å². The molecule has 22 heteroatoms. The molecule has 200 valence electrons. The van der Waals surface area contributed by atoms with E-state index in [1.165, 1.54) is 0 Å². The van der Waals surface area contributed by atoms with Crippen molar-refractivity contribution in [2.45, 2.75) is 31.9 Å². The minimum atomic E-state index is -4.64. The summed E-state index contributed by atoms with van der Waals surface area (Å²) in [5.74, 6) is 2.93. The minimum Gasteiger partial charge on any atom is -0.391 e. The van der Waals surface area contributed by atoms with Gasteiger partial charge < -0.3 is 59.4 Å². The molecule has 18 nitrogen and oxygen atoms in total. The summed E-state index contributed by atoms with van der Waals surface area (Å²) in [6.45, 7) is 1.88. The van der Waals surface area contributed by atoms with Crippen LogP contribution in [-0.4, -0.2) is 74.8 Å². The lowest BCUT2D eigenvalue weighted by Crippen LogP contribution is -2.23. The first kappa shape index (κ1) is 33.5. The average molecular weight is 586 g/mol. The van der Waals surface area contributed by atoms with Crippen molar-refractivity contribution >= 4 is 52.1 Å². The zero-order chi connectivity index (χ0) is 28.0. The first-order valence-electron chi connectivity index (χ1n) is 8.61. The normalized spacial score (nSPS) is 22.0. The third-order valence-electron chi connectivity index (χ3n) is 4.03. The van der Waals surface area contributed by atoms with E-state index in [1.807, 2.05) is 11.5 Å². The van der Waals surface area contributed by atoms with Crippen LogP contribution in [0.3, 0.4) is 0 Å². The number of nitrogens with two attached hydrogens (primary N) is 1. The smallest absolute Gasteiger partial charge is 0.391 e. The maximum atomic E-state index is 10.1. The van der Waals surface area contributed by atoms with Gasteiger partial charge in [0.2, 0.25) is 5.28 Å². The van der Waals surface area contributed by atoms with Crippen molar-refractivity contribution in [3.63, 3.8) is 0 Å². The van der Waals surface area contributed by atoms with Crippen LogP contribution in [0.1, 0.15) is 25.8 Å². The van der Waals surface area contributed by atoms with Gasteiger partial charge in [-0.3, -0.25) is 0 Å². The first-order chi connectivity index (χ1) is 15.4. The molecule has 0 saturated heterocycles. The molecule has 0 unspecified atom stereocenters. The van der Waals surface area contributed by atoms with Gasteiger partial charge in [0.25, 0.3) is 0 Å². The van der Waals surface area contributed by atoms with Gasteiger partial charge in [0.15, 0.2) is 11.5 Å². The number of nitrogen functional groups attached to an aromatic ring is 1. The summed E-state index contributed by atoms with van der Waals surface area (Å²) in [4.78, 5) is 77.0. The Labute approximate surface area is 201 Å². The number of fused-ring (bicyclic) bond motifs is 1. The van der Waals surface area contributed by atoms with Crippen LogP contribution in [0.5, 0.6) is 0 Å². The Hall–Kier alpha value is -1.51. The van der Waals surface area contributed by atoms with Crippen molar-refractivity contribution in [3.8, 4) is 12.3 Å². The molecule has 1 fully saturated rings. The van der Waals surface area contributed by atoms with Crippen LogP contribution in [0, 0.1) is 17.8 Å². The number of aromatic nitrogens is 4. The number of nitrogens with zero attached hydrogens (tertiary/aromatic N) is 4. The monoisotopic (exact) mass is 585 g/mol. The molecule has 35 heavy (non-hydrogen) atoms. The summed E-state index contributed by atoms with van der Waals surface area (Å²) in [6.07, 6.45) is 7.83. The SMILES string of the molecule is C#C[C@@]1(C)C[C@H](n2cnc3c(N)nc(Cl)nc32)C[C@H]1O.O=P(O)(O)O.O=P(O)(O)O.O=P(O)(O)O. The molecule has 3 rings (SSSR count). The summed E-state index contributed by atoms with van der Waals surface area (Å²) in [7, 11) is -13.9. The van der Waals surface area contributed by atoms with Gasteiger partial charge >= 0.3 is 23.5 Å². The zero-order valence-corrected chi connectivity index (χ0v) is 20.9. The van der Waals surface area contributed by atoms with Crippen LogP contribution in [0.4, 0.5) is 5.82 Å². The Bertz CT molecular complexity index is 1120. The molecule has 0 aromatic carbocycles. The number of anilines is 1. The second-order valence-electron chi connectivity index (χ2n) is 6.91. The zero-order valence-electron chi connectivity index (χ0n) is 17.5. The quantitative estimate of drug-likeness (QED) is 0.104. The third kappa shape index (κ3) is 14.6. The van der Waals surface area contributed by atoms with Crippen LogP contribution in [0.15, 0.2) is 6.33 Å². The summed E-state index contributed by atoms with van der Waals surface area (Å²) >= 11 is 5.85. The van der Waals surface area contributed by atoms with Crippen LogP contribution < -0.4 is 5.73 Å². The Morgan fingerprint density at radius 3 is 1.86 bits per heavy atom. The van der Waals surface area contributed by atoms with E-state index in [0.717, 1.165) is 0 Å². The molecular weight excluding hydrogens is 563 g/mol. The molecule has 0 bridgehead atoms. The van der Waals surface area contributed by atoms with Gasteiger partial charge in [0.05, 0.1) is 17.8 Å². The lowest BCUT2D eigenvalue weighted by molar-refractivity contribution is 0.104. The van der Waals surface area contributed by atoms with Crippen molar-refractivity contribution < 1.29 is 62.8 Å². The van der Waals surface area contributed by atoms with E-state index in [-0.39, 0.29) is 17.1 Å². The molecule has 1 saturated carbocycles. The van der Waals surface area contributed by atoms with Crippen molar-refractivity contribution in [2.24, 2.45) is 5.41 Å². The number of hydrogen-bond donors (Lipinski definition) is 11. The van der Waals surface area contributed by atoms with Gasteiger partial charge in [0.1, 0.15) is 5.52 Å². The summed E-state index contributed by atoms with van der Waals surface area (Å²) in [6, 6.07) is 0.0152. The van der Waals surface area contributed by atoms with E-state index in [9.17, 15) is 5.11 Å². The Morgan fingerprint density at radius 1 is 1.06 bits per heavy atom. The second-order valence-corrected chi connectivity index (χ2v) is 10.3. The number of hydrogen-bond acceptors (Lipinski definition) is 8. The molecule has 1 aliphatic rings. The maximum absolute atomic E-state index is 10.1. The van der Waals surface area contributed by atoms with Gasteiger partial charge in [-0.15, -0.1) is 6.42 Å². The molecular formula is C13H23ClN5O13P3. The largest absolute Gasteiger partial charge is 0.466 e. The van der Waals surface area contributed by atoms with E-state index in [0.29, 0.717) is 24.0 Å². The molecule has 0 amide bonds. The van der Waals surface area contributed by atoms with Crippen LogP contribution in [0.2, 0.25) is 5.28 Å². The van der Waals surface area contributed by atoms with Gasteiger partial charge in [-0.25, -0.2) is 18.7 Å². The molecule has 3 atom stereocenters. The lowest BCUT2D eigenvalue weighted by Gasteiger charge is -2.20. The lowest BCUT2D eigenvalue weighted by atomic mass is 9.88. The fourth-order valence-corrected chi connectivity index (χ4v) is 2.94. The van der Waals surface area contributed by atoms with Crippen molar-refractivity contribution in [1.82, 2.24) is 19.5 Å². The summed E-state index contributed by atoms with van der Waals surface area (Å²) in [5.41, 5.74) is 6.33. The Morgan fingerprint density at radius 2 is 1.49 bits per heavy atom. The van der Waals surface area contributed by atoms with Crippen LogP contribution in [-0.2, 0) is 13.7 Å². The average Bonchev–Trinajstić information content (AvgIpc) is 3.12. The highest BCUT2D eigenvalue weighted by Crippen LogP contribution is 2.44. The Balaban J connectivity index is 0.000000635. The van der Waals surface area contributed by atoms with E-state index in [2.05, 4.69) is 20.9 Å². The number of phosphoric acid groups is 3. The molecule has 0 spiro atoms. The first-order valence-corrected chi connectivity index (χ1v) is 13.7. The predicted molar refractivity (Wildman–Crippen MR) is 119 cm³/mol. The van der Waals surface area contributed by atoms with Crippen molar-refractivity contribution in [2.75, 3.05) is 5.73 Å². The second kappa shape index (κ2) is 12.6. The fraction of sp³-hybridized carbons (Fsp3) is 0.462. The van der Waals surface area contributed by atoms with Gasteiger partial charge in [-0.2, -0.15) is 9.97 Å². The summed E-state index contributed by atoms with van der Waals surface area (Å²) < 4.78 is 28.5. The molecule has 12 N–H and O–H groups in total. The highest BCUT2D eigenvalue weighted by molar-refractivity contribution is 7.45. The minimum absolute atomic E-state index is 0.0152. The number of halogens is 1. The van der Waals surface area contributed by atoms with Crippen molar-refractivity contribution in [1.29, 1.82) is 0 Å². The highest BCUT2D eigenvalue weighted by atomic mass is 35.5. The molecule has 1 aliphatic carbocycles. The molecule has 2 aromatic rings. The topological polar surface area (TPSA) is 323 Å². The van der Waals surface area contributed by atoms with Gasteiger partial charge in [0, 0.05) is 6.04 Å². The molecule has 0 radical (unpaired) electrons. The van der Waals surface area contributed by atoms with Gasteiger partial charge in [-0.1, -0.05) is 5.92 Å². The standard InChI is InChI=1S/C13H14ClN5O.3H3O4P/c1-3-13(2)5-7(4-8(13)20)19-6-16-9-10(15)17-12(14)18-11(9)19;3*1-5(2,3)4/h1,6-8,20H,4-5H2,2H3,(H2,15,17,18);3*(H3,1,2,3,4)/t7-,8-,13+;;;/m1.../s1. The summed E-state index contributed by atoms with van der Waals surface area (Å²) in [5, 5.41) is 10.2.